The number of anilines is 1. The summed E-state index contributed by atoms with van der Waals surface area (Å²) >= 11 is 0. The number of nitrogen functional groups attached to an aromatic ring is 1. The number of hydrogen-bond donors (Lipinski definition) is 2. The summed E-state index contributed by atoms with van der Waals surface area (Å²) in [6, 6.07) is 1.06. The van der Waals surface area contributed by atoms with E-state index in [1.807, 2.05) is 13.8 Å². The number of nitrogens with one attached hydrogen (secondary N) is 1. The molecule has 1 aromatic rings. The Kier molecular flexibility index (Phi) is 5.51. The van der Waals surface area contributed by atoms with Crippen molar-refractivity contribution in [3.8, 4) is 0 Å². The Morgan fingerprint density at radius 2 is 2.33 bits per heavy atom. The van der Waals surface area contributed by atoms with E-state index in [-0.39, 0.29) is 11.4 Å². The Morgan fingerprint density at radius 3 is 3.00 bits per heavy atom. The normalized spacial score (nSPS) is 10.7. The number of carbonyl (C=O) groups excluding carboxylic acids is 1. The third-order valence-corrected chi connectivity index (χ3v) is 2.11. The summed E-state index contributed by atoms with van der Waals surface area (Å²) in [6.45, 7) is 5.48. The molecular weight excluding hydrogens is 237 g/mol. The van der Waals surface area contributed by atoms with Gasteiger partial charge in [0.2, 0.25) is 0 Å². The highest BCUT2D eigenvalue weighted by Gasteiger charge is 2.11. The second-order valence-electron chi connectivity index (χ2n) is 4.31. The van der Waals surface area contributed by atoms with Gasteiger partial charge in [-0.2, -0.15) is 0 Å². The first kappa shape index (κ1) is 14.4. The van der Waals surface area contributed by atoms with Gasteiger partial charge in [0.1, 0.15) is 11.6 Å². The number of nitrogens with zero attached hydrogens (tertiary/aromatic N) is 1. The van der Waals surface area contributed by atoms with E-state index >= 15 is 0 Å². The Morgan fingerprint density at radius 1 is 1.61 bits per heavy atom. The van der Waals surface area contributed by atoms with Crippen LogP contribution in [0.2, 0.25) is 0 Å². The van der Waals surface area contributed by atoms with Crippen molar-refractivity contribution in [2.45, 2.75) is 13.8 Å². The van der Waals surface area contributed by atoms with E-state index in [0.29, 0.717) is 25.7 Å². The first-order chi connectivity index (χ1) is 8.50. The van der Waals surface area contributed by atoms with Gasteiger partial charge in [0.05, 0.1) is 18.4 Å². The van der Waals surface area contributed by atoms with Crippen molar-refractivity contribution >= 4 is 11.7 Å². The molecule has 3 N–H and O–H groups in total. The van der Waals surface area contributed by atoms with E-state index in [1.165, 1.54) is 0 Å². The standard InChI is InChI=1S/C12H18FN3O2/c1-8(2)7-18-4-3-15-12(17)10-5-9(13)6-16-11(10)14/h5-6,8H,3-4,7H2,1-2H3,(H2,14,16)(H,15,17). The molecule has 1 rings (SSSR count). The minimum absolute atomic E-state index is 0.0111. The molecule has 1 heterocycles. The number of halogens is 1. The van der Waals surface area contributed by atoms with Crippen LogP contribution in [0, 0.1) is 11.7 Å². The molecule has 18 heavy (non-hydrogen) atoms. The molecule has 0 saturated carbocycles. The number of nitrogens with two attached hydrogens (primary N) is 1. The van der Waals surface area contributed by atoms with Crippen molar-refractivity contribution < 1.29 is 13.9 Å². The lowest BCUT2D eigenvalue weighted by atomic mass is 10.2. The van der Waals surface area contributed by atoms with Crippen LogP contribution in [0.15, 0.2) is 12.3 Å². The molecule has 1 aromatic heterocycles. The molecule has 0 atom stereocenters. The van der Waals surface area contributed by atoms with E-state index in [4.69, 9.17) is 10.5 Å². The summed E-state index contributed by atoms with van der Waals surface area (Å²) in [7, 11) is 0. The Bertz CT molecular complexity index is 410. The average Bonchev–Trinajstić information content (AvgIpc) is 2.31. The van der Waals surface area contributed by atoms with Crippen LogP contribution in [0.3, 0.4) is 0 Å². The van der Waals surface area contributed by atoms with Gasteiger partial charge in [-0.25, -0.2) is 9.37 Å². The number of ether oxygens (including phenoxy) is 1. The molecule has 0 bridgehead atoms. The fourth-order valence-electron chi connectivity index (χ4n) is 1.28. The number of rotatable bonds is 6. The van der Waals surface area contributed by atoms with Crippen molar-refractivity contribution in [1.29, 1.82) is 0 Å². The van der Waals surface area contributed by atoms with Gasteiger partial charge >= 0.3 is 0 Å². The van der Waals surface area contributed by atoms with Gasteiger partial charge < -0.3 is 15.8 Å². The molecule has 1 amide bonds. The van der Waals surface area contributed by atoms with Crippen molar-refractivity contribution in [3.05, 3.63) is 23.6 Å². The van der Waals surface area contributed by atoms with E-state index in [0.717, 1.165) is 12.3 Å². The molecule has 0 fully saturated rings. The maximum Gasteiger partial charge on any atom is 0.255 e. The summed E-state index contributed by atoms with van der Waals surface area (Å²) in [6.07, 6.45) is 0.970. The quantitative estimate of drug-likeness (QED) is 0.749. The van der Waals surface area contributed by atoms with E-state index < -0.39 is 11.7 Å². The summed E-state index contributed by atoms with van der Waals surface area (Å²) in [5, 5.41) is 2.59. The fourth-order valence-corrected chi connectivity index (χ4v) is 1.28. The highest BCUT2D eigenvalue weighted by atomic mass is 19.1. The molecule has 6 heteroatoms. The molecule has 0 unspecified atom stereocenters. The first-order valence-corrected chi connectivity index (χ1v) is 5.77. The van der Waals surface area contributed by atoms with Crippen LogP contribution < -0.4 is 11.1 Å². The minimum Gasteiger partial charge on any atom is -0.383 e. The van der Waals surface area contributed by atoms with Gasteiger partial charge in [0.25, 0.3) is 5.91 Å². The Hall–Kier alpha value is -1.69. The monoisotopic (exact) mass is 255 g/mol. The molecule has 0 aliphatic heterocycles. The lowest BCUT2D eigenvalue weighted by Crippen LogP contribution is -2.28. The average molecular weight is 255 g/mol. The largest absolute Gasteiger partial charge is 0.383 e. The summed E-state index contributed by atoms with van der Waals surface area (Å²) in [4.78, 5) is 15.2. The maximum absolute atomic E-state index is 12.9. The molecule has 0 aliphatic rings. The number of hydrogen-bond acceptors (Lipinski definition) is 4. The van der Waals surface area contributed by atoms with E-state index in [9.17, 15) is 9.18 Å². The predicted octanol–water partition coefficient (Wildman–Crippen LogP) is 1.21. The van der Waals surface area contributed by atoms with Crippen LogP contribution in [-0.2, 0) is 4.74 Å². The highest BCUT2D eigenvalue weighted by Crippen LogP contribution is 2.09. The zero-order valence-corrected chi connectivity index (χ0v) is 10.6. The van der Waals surface area contributed by atoms with Crippen LogP contribution in [0.5, 0.6) is 0 Å². The van der Waals surface area contributed by atoms with Gasteiger partial charge in [0, 0.05) is 13.2 Å². The van der Waals surface area contributed by atoms with Crippen molar-refractivity contribution in [1.82, 2.24) is 10.3 Å². The Labute approximate surface area is 106 Å². The Balaban J connectivity index is 2.39. The molecule has 5 nitrogen and oxygen atoms in total. The third kappa shape index (κ3) is 4.67. The van der Waals surface area contributed by atoms with Crippen LogP contribution in [0.25, 0.3) is 0 Å². The van der Waals surface area contributed by atoms with Crippen molar-refractivity contribution in [2.24, 2.45) is 5.92 Å². The number of pyridine rings is 1. The van der Waals surface area contributed by atoms with E-state index in [2.05, 4.69) is 10.3 Å². The lowest BCUT2D eigenvalue weighted by molar-refractivity contribution is 0.0886. The van der Waals surface area contributed by atoms with Crippen molar-refractivity contribution in [3.63, 3.8) is 0 Å². The van der Waals surface area contributed by atoms with Crippen LogP contribution in [-0.4, -0.2) is 30.6 Å². The lowest BCUT2D eigenvalue weighted by Gasteiger charge is -2.09. The first-order valence-electron chi connectivity index (χ1n) is 5.77. The molecular formula is C12H18FN3O2. The van der Waals surface area contributed by atoms with Gasteiger partial charge in [-0.3, -0.25) is 4.79 Å². The molecule has 0 saturated heterocycles. The zero-order chi connectivity index (χ0) is 13.5. The predicted molar refractivity (Wildman–Crippen MR) is 66.6 cm³/mol. The number of aromatic nitrogens is 1. The second-order valence-corrected chi connectivity index (χ2v) is 4.31. The molecule has 0 spiro atoms. The van der Waals surface area contributed by atoms with Gasteiger partial charge in [-0.1, -0.05) is 13.8 Å². The highest BCUT2D eigenvalue weighted by molar-refractivity contribution is 5.98. The molecule has 0 aromatic carbocycles. The third-order valence-electron chi connectivity index (χ3n) is 2.11. The summed E-state index contributed by atoms with van der Waals surface area (Å²) < 4.78 is 18.2. The van der Waals surface area contributed by atoms with Crippen LogP contribution in [0.4, 0.5) is 10.2 Å². The molecule has 0 radical (unpaired) electrons. The SMILES string of the molecule is CC(C)COCCNC(=O)c1cc(F)cnc1N. The van der Waals surface area contributed by atoms with Crippen LogP contribution >= 0.6 is 0 Å². The van der Waals surface area contributed by atoms with Gasteiger partial charge in [-0.05, 0) is 12.0 Å². The zero-order valence-electron chi connectivity index (χ0n) is 10.6. The van der Waals surface area contributed by atoms with E-state index in [1.54, 1.807) is 0 Å². The second kappa shape index (κ2) is 6.90. The maximum atomic E-state index is 12.9. The summed E-state index contributed by atoms with van der Waals surface area (Å²) in [5.74, 6) is -0.584. The molecule has 100 valence electrons. The molecule has 0 aliphatic carbocycles. The van der Waals surface area contributed by atoms with Gasteiger partial charge in [0.15, 0.2) is 0 Å². The van der Waals surface area contributed by atoms with Crippen LogP contribution in [0.1, 0.15) is 24.2 Å². The van der Waals surface area contributed by atoms with Crippen molar-refractivity contribution in [2.75, 3.05) is 25.5 Å². The topological polar surface area (TPSA) is 77.2 Å². The smallest absolute Gasteiger partial charge is 0.255 e. The summed E-state index contributed by atoms with van der Waals surface area (Å²) in [5.41, 5.74) is 5.53. The van der Waals surface area contributed by atoms with Gasteiger partial charge in [-0.15, -0.1) is 0 Å². The minimum atomic E-state index is -0.592. The number of amides is 1. The number of carbonyl (C=O) groups is 1. The fraction of sp³-hybridized carbons (Fsp3) is 0.500.